The standard InChI is InChI=1S/C17H21N5O5S/c1-12-4-5-14(10-15(12)22(23)24)28(25,26)21-8-6-20(7-9-21)16-11-17(27-3)19-13(2)18-16/h4-5,10-11H,6-9H2,1-3H3. The Hall–Kier alpha value is -2.79. The maximum atomic E-state index is 12.9. The van der Waals surface area contributed by atoms with Crippen molar-refractivity contribution in [2.75, 3.05) is 38.2 Å². The summed E-state index contributed by atoms with van der Waals surface area (Å²) >= 11 is 0. The van der Waals surface area contributed by atoms with E-state index in [1.165, 1.54) is 23.5 Å². The summed E-state index contributed by atoms with van der Waals surface area (Å²) in [6, 6.07) is 5.69. The molecule has 1 aromatic heterocycles. The number of methoxy groups -OCH3 is 1. The predicted octanol–water partition coefficient (Wildman–Crippen LogP) is 1.52. The lowest BCUT2D eigenvalue weighted by molar-refractivity contribution is -0.385. The first kappa shape index (κ1) is 20.0. The number of benzene rings is 1. The van der Waals surface area contributed by atoms with Crippen LogP contribution in [0.3, 0.4) is 0 Å². The molecule has 0 atom stereocenters. The summed E-state index contributed by atoms with van der Waals surface area (Å²) in [5.41, 5.74) is 0.213. The lowest BCUT2D eigenvalue weighted by Gasteiger charge is -2.34. The summed E-state index contributed by atoms with van der Waals surface area (Å²) in [7, 11) is -2.29. The van der Waals surface area contributed by atoms with Crippen molar-refractivity contribution in [1.29, 1.82) is 0 Å². The van der Waals surface area contributed by atoms with Gasteiger partial charge >= 0.3 is 0 Å². The number of hydrogen-bond donors (Lipinski definition) is 0. The fourth-order valence-electron chi connectivity index (χ4n) is 3.04. The van der Waals surface area contributed by atoms with Crippen LogP contribution in [0, 0.1) is 24.0 Å². The summed E-state index contributed by atoms with van der Waals surface area (Å²) in [5.74, 6) is 1.69. The minimum absolute atomic E-state index is 0.0715. The quantitative estimate of drug-likeness (QED) is 0.541. The smallest absolute Gasteiger partial charge is 0.273 e. The monoisotopic (exact) mass is 407 g/mol. The van der Waals surface area contributed by atoms with Crippen molar-refractivity contribution in [3.05, 3.63) is 45.8 Å². The number of rotatable bonds is 5. The molecule has 2 aromatic rings. The third kappa shape index (κ3) is 3.90. The summed E-state index contributed by atoms with van der Waals surface area (Å²) in [4.78, 5) is 21.0. The molecule has 3 rings (SSSR count). The van der Waals surface area contributed by atoms with Gasteiger partial charge in [-0.25, -0.2) is 13.4 Å². The van der Waals surface area contributed by atoms with E-state index in [0.717, 1.165) is 6.07 Å². The zero-order valence-electron chi connectivity index (χ0n) is 15.8. The van der Waals surface area contributed by atoms with E-state index in [1.54, 1.807) is 19.9 Å². The second kappa shape index (κ2) is 7.68. The van der Waals surface area contributed by atoms with Crippen LogP contribution in [0.1, 0.15) is 11.4 Å². The molecular formula is C17H21N5O5S. The number of aromatic nitrogens is 2. The number of piperazine rings is 1. The van der Waals surface area contributed by atoms with Crippen LogP contribution in [0.15, 0.2) is 29.2 Å². The molecule has 0 bridgehead atoms. The molecular weight excluding hydrogens is 386 g/mol. The van der Waals surface area contributed by atoms with Crippen LogP contribution in [0.25, 0.3) is 0 Å². The van der Waals surface area contributed by atoms with Crippen molar-refractivity contribution in [1.82, 2.24) is 14.3 Å². The van der Waals surface area contributed by atoms with Gasteiger partial charge in [0, 0.05) is 43.9 Å². The Morgan fingerprint density at radius 1 is 1.11 bits per heavy atom. The van der Waals surface area contributed by atoms with E-state index in [9.17, 15) is 18.5 Å². The van der Waals surface area contributed by atoms with E-state index in [4.69, 9.17) is 4.74 Å². The Bertz CT molecular complexity index is 1000. The van der Waals surface area contributed by atoms with Gasteiger partial charge in [-0.1, -0.05) is 6.07 Å². The number of anilines is 1. The first-order valence-electron chi connectivity index (χ1n) is 8.62. The van der Waals surface area contributed by atoms with Gasteiger partial charge in [-0.05, 0) is 19.9 Å². The number of aryl methyl sites for hydroxylation is 2. The van der Waals surface area contributed by atoms with Gasteiger partial charge in [0.25, 0.3) is 5.69 Å². The van der Waals surface area contributed by atoms with E-state index >= 15 is 0 Å². The summed E-state index contributed by atoms with van der Waals surface area (Å²) < 4.78 is 32.3. The molecule has 11 heteroatoms. The van der Waals surface area contributed by atoms with Crippen LogP contribution in [0.2, 0.25) is 0 Å². The van der Waals surface area contributed by atoms with Crippen LogP contribution in [-0.4, -0.2) is 60.9 Å². The number of nitro benzene ring substituents is 1. The molecule has 0 N–H and O–H groups in total. The molecule has 28 heavy (non-hydrogen) atoms. The average Bonchev–Trinajstić information content (AvgIpc) is 2.67. The van der Waals surface area contributed by atoms with E-state index in [2.05, 4.69) is 9.97 Å². The molecule has 0 saturated carbocycles. The molecule has 0 spiro atoms. The molecule has 0 radical (unpaired) electrons. The van der Waals surface area contributed by atoms with Crippen LogP contribution >= 0.6 is 0 Å². The summed E-state index contributed by atoms with van der Waals surface area (Å²) in [6.07, 6.45) is 0. The lowest BCUT2D eigenvalue weighted by atomic mass is 10.2. The Morgan fingerprint density at radius 3 is 2.39 bits per heavy atom. The molecule has 10 nitrogen and oxygen atoms in total. The molecule has 0 aliphatic carbocycles. The first-order valence-corrected chi connectivity index (χ1v) is 10.1. The Balaban J connectivity index is 1.78. The second-order valence-corrected chi connectivity index (χ2v) is 8.35. The van der Waals surface area contributed by atoms with Crippen molar-refractivity contribution in [2.24, 2.45) is 0 Å². The van der Waals surface area contributed by atoms with Gasteiger partial charge in [0.15, 0.2) is 0 Å². The van der Waals surface area contributed by atoms with Crippen molar-refractivity contribution < 1.29 is 18.1 Å². The fourth-order valence-corrected chi connectivity index (χ4v) is 4.49. The van der Waals surface area contributed by atoms with Gasteiger partial charge in [0.05, 0.1) is 16.9 Å². The van der Waals surface area contributed by atoms with Gasteiger partial charge in [0.2, 0.25) is 15.9 Å². The summed E-state index contributed by atoms with van der Waals surface area (Å²) in [6.45, 7) is 4.70. The highest BCUT2D eigenvalue weighted by atomic mass is 32.2. The first-order chi connectivity index (χ1) is 13.2. The number of nitro groups is 1. The number of ether oxygens (including phenoxy) is 1. The molecule has 1 aliphatic rings. The minimum atomic E-state index is -3.82. The zero-order chi connectivity index (χ0) is 20.5. The van der Waals surface area contributed by atoms with Crippen LogP contribution in [-0.2, 0) is 10.0 Å². The van der Waals surface area contributed by atoms with Crippen molar-refractivity contribution in [2.45, 2.75) is 18.7 Å². The van der Waals surface area contributed by atoms with E-state index in [0.29, 0.717) is 36.2 Å². The highest BCUT2D eigenvalue weighted by Crippen LogP contribution is 2.26. The zero-order valence-corrected chi connectivity index (χ0v) is 16.6. The van der Waals surface area contributed by atoms with Gasteiger partial charge < -0.3 is 9.64 Å². The largest absolute Gasteiger partial charge is 0.481 e. The normalized spacial score (nSPS) is 15.5. The van der Waals surface area contributed by atoms with E-state index in [-0.39, 0.29) is 23.7 Å². The molecule has 2 heterocycles. The third-order valence-electron chi connectivity index (χ3n) is 4.59. The fraction of sp³-hybridized carbons (Fsp3) is 0.412. The number of nitrogens with zero attached hydrogens (tertiary/aromatic N) is 5. The topological polar surface area (TPSA) is 119 Å². The Labute approximate surface area is 163 Å². The Kier molecular flexibility index (Phi) is 5.47. The molecule has 1 aromatic carbocycles. The predicted molar refractivity (Wildman–Crippen MR) is 102 cm³/mol. The third-order valence-corrected chi connectivity index (χ3v) is 6.48. The molecule has 0 unspecified atom stereocenters. The van der Waals surface area contributed by atoms with Crippen LogP contribution in [0.4, 0.5) is 11.5 Å². The molecule has 1 fully saturated rings. The highest BCUT2D eigenvalue weighted by Gasteiger charge is 2.30. The second-order valence-electron chi connectivity index (χ2n) is 6.41. The minimum Gasteiger partial charge on any atom is -0.481 e. The summed E-state index contributed by atoms with van der Waals surface area (Å²) in [5, 5.41) is 11.1. The number of sulfonamides is 1. The van der Waals surface area contributed by atoms with E-state index in [1.807, 2.05) is 4.90 Å². The van der Waals surface area contributed by atoms with Crippen molar-refractivity contribution >= 4 is 21.5 Å². The average molecular weight is 407 g/mol. The maximum absolute atomic E-state index is 12.9. The lowest BCUT2D eigenvalue weighted by Crippen LogP contribution is -2.49. The molecule has 150 valence electrons. The van der Waals surface area contributed by atoms with Crippen molar-refractivity contribution in [3.63, 3.8) is 0 Å². The van der Waals surface area contributed by atoms with Crippen LogP contribution < -0.4 is 9.64 Å². The molecule has 1 aliphatic heterocycles. The van der Waals surface area contributed by atoms with E-state index < -0.39 is 14.9 Å². The van der Waals surface area contributed by atoms with Crippen LogP contribution in [0.5, 0.6) is 5.88 Å². The maximum Gasteiger partial charge on any atom is 0.273 e. The SMILES string of the molecule is COc1cc(N2CCN(S(=O)(=O)c3ccc(C)c([N+](=O)[O-])c3)CC2)nc(C)n1. The highest BCUT2D eigenvalue weighted by molar-refractivity contribution is 7.89. The van der Waals surface area contributed by atoms with Gasteiger partial charge in [0.1, 0.15) is 11.6 Å². The van der Waals surface area contributed by atoms with Gasteiger partial charge in [-0.15, -0.1) is 0 Å². The number of hydrogen-bond acceptors (Lipinski definition) is 8. The van der Waals surface area contributed by atoms with Crippen molar-refractivity contribution in [3.8, 4) is 5.88 Å². The molecule has 1 saturated heterocycles. The Morgan fingerprint density at radius 2 is 1.79 bits per heavy atom. The molecule has 0 amide bonds. The van der Waals surface area contributed by atoms with Gasteiger partial charge in [-0.3, -0.25) is 10.1 Å². The van der Waals surface area contributed by atoms with Gasteiger partial charge in [-0.2, -0.15) is 9.29 Å².